The molecule has 30 heavy (non-hydrogen) atoms. The van der Waals surface area contributed by atoms with Gasteiger partial charge >= 0.3 is 5.97 Å². The lowest BCUT2D eigenvalue weighted by Crippen LogP contribution is -2.13. The summed E-state index contributed by atoms with van der Waals surface area (Å²) < 4.78 is 11.0. The van der Waals surface area contributed by atoms with E-state index in [0.717, 1.165) is 16.9 Å². The second kappa shape index (κ2) is 11.9. The van der Waals surface area contributed by atoms with Gasteiger partial charge in [-0.2, -0.15) is 0 Å². The first kappa shape index (κ1) is 20.9. The number of benzene rings is 3. The monoisotopic (exact) mass is 396 g/mol. The lowest BCUT2D eigenvalue weighted by atomic mass is 10.1. The molecule has 0 atom stereocenters. The fourth-order valence-corrected chi connectivity index (χ4v) is 2.66. The van der Waals surface area contributed by atoms with Crippen molar-refractivity contribution in [2.45, 2.75) is 0 Å². The molecule has 3 aromatic carbocycles. The molecule has 0 saturated heterocycles. The van der Waals surface area contributed by atoms with Gasteiger partial charge < -0.3 is 9.47 Å². The Labute approximate surface area is 177 Å². The van der Waals surface area contributed by atoms with Gasteiger partial charge in [0, 0.05) is 0 Å². The summed E-state index contributed by atoms with van der Waals surface area (Å²) in [5.74, 6) is 0.357. The Morgan fingerprint density at radius 2 is 1.27 bits per heavy atom. The Balaban J connectivity index is 1.63. The van der Waals surface area contributed by atoms with Crippen molar-refractivity contribution in [3.05, 3.63) is 126 Å². The molecule has 0 heterocycles. The largest absolute Gasteiger partial charge is 0.490 e. The normalized spacial score (nSPS) is 11.7. The Bertz CT molecular complexity index is 988. The number of allylic oxidation sites excluding steroid dienone is 2. The molecule has 3 heteroatoms. The lowest BCUT2D eigenvalue weighted by molar-refractivity contribution is -0.139. The van der Waals surface area contributed by atoms with Crippen LogP contribution >= 0.6 is 0 Å². The van der Waals surface area contributed by atoms with E-state index in [1.54, 1.807) is 12.2 Å². The maximum absolute atomic E-state index is 12.6. The number of carbonyl (C=O) groups is 1. The molecular weight excluding hydrogens is 372 g/mol. The minimum Gasteiger partial charge on any atom is -0.490 e. The Kier molecular flexibility index (Phi) is 8.26. The molecule has 0 unspecified atom stereocenters. The van der Waals surface area contributed by atoms with Crippen LogP contribution in [0.15, 0.2) is 115 Å². The highest BCUT2D eigenvalue weighted by Crippen LogP contribution is 2.10. The molecule has 0 N–H and O–H groups in total. The molecule has 0 amide bonds. The third kappa shape index (κ3) is 7.28. The van der Waals surface area contributed by atoms with Gasteiger partial charge in [-0.05, 0) is 35.4 Å². The number of rotatable bonds is 9. The summed E-state index contributed by atoms with van der Waals surface area (Å²) in [4.78, 5) is 12.6. The predicted molar refractivity (Wildman–Crippen MR) is 122 cm³/mol. The van der Waals surface area contributed by atoms with Crippen molar-refractivity contribution < 1.29 is 14.3 Å². The van der Waals surface area contributed by atoms with Crippen LogP contribution in [0.1, 0.15) is 11.1 Å². The van der Waals surface area contributed by atoms with Crippen LogP contribution in [0, 0.1) is 0 Å². The third-order valence-electron chi connectivity index (χ3n) is 4.18. The van der Waals surface area contributed by atoms with Gasteiger partial charge in [0.05, 0.1) is 5.57 Å². The summed E-state index contributed by atoms with van der Waals surface area (Å²) in [5.41, 5.74) is 2.53. The van der Waals surface area contributed by atoms with Gasteiger partial charge in [-0.1, -0.05) is 97.1 Å². The predicted octanol–water partition coefficient (Wildman–Crippen LogP) is 5.96. The lowest BCUT2D eigenvalue weighted by Gasteiger charge is -2.07. The zero-order chi connectivity index (χ0) is 20.9. The average Bonchev–Trinajstić information content (AvgIpc) is 2.81. The van der Waals surface area contributed by atoms with Crippen molar-refractivity contribution >= 4 is 18.1 Å². The summed E-state index contributed by atoms with van der Waals surface area (Å²) >= 11 is 0. The first-order valence-corrected chi connectivity index (χ1v) is 9.83. The molecule has 0 aliphatic rings. The second-order valence-electron chi connectivity index (χ2n) is 6.43. The van der Waals surface area contributed by atoms with Gasteiger partial charge in [-0.25, -0.2) is 4.79 Å². The Morgan fingerprint density at radius 3 is 1.90 bits per heavy atom. The van der Waals surface area contributed by atoms with Crippen LogP contribution in [0.2, 0.25) is 0 Å². The standard InChI is InChI=1S/C27H24O3/c28-27(30-22-21-29-26-17-8-3-9-18-26)25(20-19-24-13-6-2-7-14-24)16-10-15-23-11-4-1-5-12-23/h1-20H,21-22H2. The number of ether oxygens (including phenoxy) is 2. The molecule has 0 radical (unpaired) electrons. The van der Waals surface area contributed by atoms with E-state index in [-0.39, 0.29) is 6.61 Å². The van der Waals surface area contributed by atoms with Crippen LogP contribution in [-0.2, 0) is 9.53 Å². The van der Waals surface area contributed by atoms with Gasteiger partial charge in [0.15, 0.2) is 0 Å². The zero-order valence-corrected chi connectivity index (χ0v) is 16.7. The zero-order valence-electron chi connectivity index (χ0n) is 16.7. The van der Waals surface area contributed by atoms with Crippen molar-refractivity contribution in [1.29, 1.82) is 0 Å². The van der Waals surface area contributed by atoms with Gasteiger partial charge in [0.25, 0.3) is 0 Å². The van der Waals surface area contributed by atoms with Crippen LogP contribution in [0.25, 0.3) is 12.2 Å². The molecule has 3 aromatic rings. The smallest absolute Gasteiger partial charge is 0.338 e. The molecule has 0 aliphatic heterocycles. The summed E-state index contributed by atoms with van der Waals surface area (Å²) in [5, 5.41) is 0. The summed E-state index contributed by atoms with van der Waals surface area (Å²) in [6.07, 6.45) is 9.21. The molecule has 0 aromatic heterocycles. The molecule has 0 bridgehead atoms. The van der Waals surface area contributed by atoms with E-state index < -0.39 is 5.97 Å². The van der Waals surface area contributed by atoms with Gasteiger partial charge in [0.2, 0.25) is 0 Å². The fourth-order valence-electron chi connectivity index (χ4n) is 2.66. The van der Waals surface area contributed by atoms with Crippen LogP contribution in [0.3, 0.4) is 0 Å². The van der Waals surface area contributed by atoms with Crippen LogP contribution in [0.4, 0.5) is 0 Å². The van der Waals surface area contributed by atoms with E-state index in [2.05, 4.69) is 0 Å². The number of carbonyl (C=O) groups excluding carboxylic acids is 1. The quantitative estimate of drug-likeness (QED) is 0.194. The minimum atomic E-state index is -0.392. The van der Waals surface area contributed by atoms with E-state index >= 15 is 0 Å². The van der Waals surface area contributed by atoms with Crippen molar-refractivity contribution in [3.8, 4) is 5.75 Å². The molecule has 3 rings (SSSR count). The Morgan fingerprint density at radius 1 is 0.700 bits per heavy atom. The van der Waals surface area contributed by atoms with E-state index in [0.29, 0.717) is 12.2 Å². The Hall–Kier alpha value is -3.85. The van der Waals surface area contributed by atoms with E-state index in [4.69, 9.17) is 9.47 Å². The maximum atomic E-state index is 12.6. The highest BCUT2D eigenvalue weighted by atomic mass is 16.6. The number of hydrogen-bond donors (Lipinski definition) is 0. The van der Waals surface area contributed by atoms with Crippen LogP contribution in [-0.4, -0.2) is 19.2 Å². The van der Waals surface area contributed by atoms with Crippen molar-refractivity contribution in [2.24, 2.45) is 0 Å². The minimum absolute atomic E-state index is 0.173. The first-order valence-electron chi connectivity index (χ1n) is 9.83. The molecule has 150 valence electrons. The van der Waals surface area contributed by atoms with E-state index in [1.807, 2.05) is 109 Å². The van der Waals surface area contributed by atoms with Crippen molar-refractivity contribution in [3.63, 3.8) is 0 Å². The highest BCUT2D eigenvalue weighted by Gasteiger charge is 2.07. The van der Waals surface area contributed by atoms with Crippen LogP contribution in [0.5, 0.6) is 5.75 Å². The van der Waals surface area contributed by atoms with Crippen molar-refractivity contribution in [1.82, 2.24) is 0 Å². The second-order valence-corrected chi connectivity index (χ2v) is 6.43. The average molecular weight is 396 g/mol. The van der Waals surface area contributed by atoms with Crippen molar-refractivity contribution in [2.75, 3.05) is 13.2 Å². The van der Waals surface area contributed by atoms with Crippen LogP contribution < -0.4 is 4.74 Å². The number of esters is 1. The van der Waals surface area contributed by atoms with E-state index in [9.17, 15) is 4.79 Å². The molecule has 0 aliphatic carbocycles. The summed E-state index contributed by atoms with van der Waals surface area (Å²) in [6, 6.07) is 29.2. The molecular formula is C27H24O3. The topological polar surface area (TPSA) is 35.5 Å². The van der Waals surface area contributed by atoms with Gasteiger partial charge in [0.1, 0.15) is 19.0 Å². The fraction of sp³-hybridized carbons (Fsp3) is 0.0741. The van der Waals surface area contributed by atoms with Gasteiger partial charge in [-0.3, -0.25) is 0 Å². The van der Waals surface area contributed by atoms with E-state index in [1.165, 1.54) is 0 Å². The number of para-hydroxylation sites is 1. The first-order chi connectivity index (χ1) is 14.8. The molecule has 0 spiro atoms. The summed E-state index contributed by atoms with van der Waals surface area (Å²) in [6.45, 7) is 0.470. The third-order valence-corrected chi connectivity index (χ3v) is 4.18. The SMILES string of the molecule is O=C(OCCOc1ccccc1)C(C=Cc1ccccc1)=CC=Cc1ccccc1. The highest BCUT2D eigenvalue weighted by molar-refractivity contribution is 5.93. The molecule has 0 saturated carbocycles. The summed E-state index contributed by atoms with van der Waals surface area (Å²) in [7, 11) is 0. The molecule has 3 nitrogen and oxygen atoms in total. The number of hydrogen-bond acceptors (Lipinski definition) is 3. The molecule has 0 fully saturated rings. The van der Waals surface area contributed by atoms with Gasteiger partial charge in [-0.15, -0.1) is 0 Å². The maximum Gasteiger partial charge on any atom is 0.338 e.